The molecule has 1 heteroatoms. The van der Waals surface area contributed by atoms with Gasteiger partial charge < -0.3 is 4.74 Å². The molecule has 0 spiro atoms. The van der Waals surface area contributed by atoms with Crippen LogP contribution >= 0.6 is 0 Å². The molecule has 0 aromatic heterocycles. The molecule has 3 rings (SSSR count). The van der Waals surface area contributed by atoms with Crippen LogP contribution in [0, 0.1) is 0 Å². The van der Waals surface area contributed by atoms with Gasteiger partial charge in [0.25, 0.3) is 0 Å². The maximum Gasteiger partial charge on any atom is 0.119 e. The second-order valence-electron chi connectivity index (χ2n) is 5.85. The Hall–Kier alpha value is -1.76. The zero-order valence-corrected chi connectivity index (χ0v) is 12.1. The molecular formula is C19H22O. The van der Waals surface area contributed by atoms with Crippen LogP contribution in [-0.2, 0) is 11.8 Å². The summed E-state index contributed by atoms with van der Waals surface area (Å²) in [5.74, 6) is 0.980. The third-order valence-electron chi connectivity index (χ3n) is 4.73. The van der Waals surface area contributed by atoms with Crippen LogP contribution in [0.3, 0.4) is 0 Å². The SMILES string of the molecule is COc1cccc(C2(CCc3ccccc3)CCC2)c1. The molecule has 0 atom stereocenters. The molecule has 2 aromatic rings. The van der Waals surface area contributed by atoms with Crippen molar-refractivity contribution in [3.63, 3.8) is 0 Å². The third-order valence-corrected chi connectivity index (χ3v) is 4.73. The zero-order chi connectivity index (χ0) is 13.8. The molecule has 20 heavy (non-hydrogen) atoms. The number of methoxy groups -OCH3 is 1. The van der Waals surface area contributed by atoms with Gasteiger partial charge in [0.15, 0.2) is 0 Å². The molecule has 1 aliphatic rings. The molecule has 0 unspecified atom stereocenters. The lowest BCUT2D eigenvalue weighted by atomic mass is 9.62. The first-order valence-electron chi connectivity index (χ1n) is 7.51. The topological polar surface area (TPSA) is 9.23 Å². The van der Waals surface area contributed by atoms with Crippen LogP contribution < -0.4 is 4.74 Å². The summed E-state index contributed by atoms with van der Waals surface area (Å²) in [6.45, 7) is 0. The highest BCUT2D eigenvalue weighted by atomic mass is 16.5. The fourth-order valence-electron chi connectivity index (χ4n) is 3.27. The van der Waals surface area contributed by atoms with Gasteiger partial charge in [-0.05, 0) is 54.4 Å². The van der Waals surface area contributed by atoms with Crippen LogP contribution in [0.25, 0.3) is 0 Å². The number of aryl methyl sites for hydroxylation is 1. The molecule has 0 aliphatic heterocycles. The lowest BCUT2D eigenvalue weighted by Crippen LogP contribution is -2.34. The Morgan fingerprint density at radius 3 is 2.45 bits per heavy atom. The van der Waals surface area contributed by atoms with Gasteiger partial charge >= 0.3 is 0 Å². The van der Waals surface area contributed by atoms with Gasteiger partial charge in [0.1, 0.15) is 5.75 Å². The van der Waals surface area contributed by atoms with Crippen molar-refractivity contribution in [2.45, 2.75) is 37.5 Å². The Bertz CT molecular complexity index is 555. The van der Waals surface area contributed by atoms with E-state index >= 15 is 0 Å². The number of ether oxygens (including phenoxy) is 1. The largest absolute Gasteiger partial charge is 0.497 e. The Morgan fingerprint density at radius 2 is 1.80 bits per heavy atom. The number of benzene rings is 2. The molecule has 0 N–H and O–H groups in total. The summed E-state index contributed by atoms with van der Waals surface area (Å²) in [7, 11) is 1.75. The van der Waals surface area contributed by atoms with Crippen LogP contribution in [-0.4, -0.2) is 7.11 Å². The molecule has 1 saturated carbocycles. The molecule has 0 bridgehead atoms. The summed E-state index contributed by atoms with van der Waals surface area (Å²) in [4.78, 5) is 0. The minimum Gasteiger partial charge on any atom is -0.497 e. The summed E-state index contributed by atoms with van der Waals surface area (Å²) in [6, 6.07) is 19.5. The highest BCUT2D eigenvalue weighted by Crippen LogP contribution is 2.47. The van der Waals surface area contributed by atoms with Crippen LogP contribution in [0.4, 0.5) is 0 Å². The average molecular weight is 266 g/mol. The van der Waals surface area contributed by atoms with Gasteiger partial charge in [0.05, 0.1) is 7.11 Å². The average Bonchev–Trinajstić information content (AvgIpc) is 2.47. The maximum absolute atomic E-state index is 5.38. The van der Waals surface area contributed by atoms with Crippen molar-refractivity contribution in [3.8, 4) is 5.75 Å². The van der Waals surface area contributed by atoms with Gasteiger partial charge in [-0.15, -0.1) is 0 Å². The first kappa shape index (κ1) is 13.2. The monoisotopic (exact) mass is 266 g/mol. The Labute approximate surface area is 121 Å². The van der Waals surface area contributed by atoms with Crippen molar-refractivity contribution in [2.24, 2.45) is 0 Å². The maximum atomic E-state index is 5.38. The second-order valence-corrected chi connectivity index (χ2v) is 5.85. The molecule has 0 radical (unpaired) electrons. The fraction of sp³-hybridized carbons (Fsp3) is 0.368. The predicted molar refractivity (Wildman–Crippen MR) is 83.3 cm³/mol. The molecule has 0 amide bonds. The summed E-state index contributed by atoms with van der Waals surface area (Å²) in [6.07, 6.45) is 6.38. The van der Waals surface area contributed by atoms with Crippen molar-refractivity contribution in [2.75, 3.05) is 7.11 Å². The quantitative estimate of drug-likeness (QED) is 0.759. The van der Waals surface area contributed by atoms with E-state index in [2.05, 4.69) is 48.5 Å². The molecule has 0 heterocycles. The Kier molecular flexibility index (Phi) is 3.77. The predicted octanol–water partition coefficient (Wildman–Crippen LogP) is 4.75. The minimum absolute atomic E-state index is 0.379. The summed E-state index contributed by atoms with van der Waals surface area (Å²) in [5.41, 5.74) is 3.28. The van der Waals surface area contributed by atoms with Crippen molar-refractivity contribution < 1.29 is 4.74 Å². The van der Waals surface area contributed by atoms with E-state index in [-0.39, 0.29) is 0 Å². The van der Waals surface area contributed by atoms with E-state index in [9.17, 15) is 0 Å². The molecular weight excluding hydrogens is 244 g/mol. The van der Waals surface area contributed by atoms with Crippen LogP contribution in [0.2, 0.25) is 0 Å². The molecule has 1 fully saturated rings. The number of hydrogen-bond acceptors (Lipinski definition) is 1. The molecule has 1 nitrogen and oxygen atoms in total. The first-order valence-corrected chi connectivity index (χ1v) is 7.51. The molecule has 2 aromatic carbocycles. The van der Waals surface area contributed by atoms with Gasteiger partial charge in [-0.1, -0.05) is 48.9 Å². The molecule has 104 valence electrons. The van der Waals surface area contributed by atoms with E-state index in [1.54, 1.807) is 7.11 Å². The number of rotatable bonds is 5. The van der Waals surface area contributed by atoms with Crippen molar-refractivity contribution in [3.05, 3.63) is 65.7 Å². The fourth-order valence-corrected chi connectivity index (χ4v) is 3.27. The van der Waals surface area contributed by atoms with Crippen molar-refractivity contribution in [1.29, 1.82) is 0 Å². The third kappa shape index (κ3) is 2.58. The lowest BCUT2D eigenvalue weighted by Gasteiger charge is -2.43. The highest BCUT2D eigenvalue weighted by Gasteiger charge is 2.38. The molecule has 1 aliphatic carbocycles. The minimum atomic E-state index is 0.379. The van der Waals surface area contributed by atoms with Crippen molar-refractivity contribution in [1.82, 2.24) is 0 Å². The smallest absolute Gasteiger partial charge is 0.119 e. The highest BCUT2D eigenvalue weighted by molar-refractivity contribution is 5.35. The van der Waals surface area contributed by atoms with Crippen LogP contribution in [0.15, 0.2) is 54.6 Å². The van der Waals surface area contributed by atoms with Gasteiger partial charge in [-0.3, -0.25) is 0 Å². The van der Waals surface area contributed by atoms with E-state index < -0.39 is 0 Å². The number of hydrogen-bond donors (Lipinski definition) is 0. The zero-order valence-electron chi connectivity index (χ0n) is 12.1. The molecule has 0 saturated heterocycles. The van der Waals surface area contributed by atoms with E-state index in [0.29, 0.717) is 5.41 Å². The standard InChI is InChI=1S/C19H22O/c1-20-18-10-5-9-17(15-18)19(12-6-13-19)14-11-16-7-3-2-4-8-16/h2-5,7-10,15H,6,11-14H2,1H3. The van der Waals surface area contributed by atoms with Gasteiger partial charge in [0, 0.05) is 0 Å². The normalized spacial score (nSPS) is 16.4. The Balaban J connectivity index is 1.77. The van der Waals surface area contributed by atoms with Crippen molar-refractivity contribution >= 4 is 0 Å². The summed E-state index contributed by atoms with van der Waals surface area (Å²) >= 11 is 0. The van der Waals surface area contributed by atoms with Crippen LogP contribution in [0.5, 0.6) is 5.75 Å². The van der Waals surface area contributed by atoms with Gasteiger partial charge in [-0.2, -0.15) is 0 Å². The first-order chi connectivity index (χ1) is 9.82. The summed E-state index contributed by atoms with van der Waals surface area (Å²) in [5, 5.41) is 0. The van der Waals surface area contributed by atoms with E-state index in [1.807, 2.05) is 6.07 Å². The van der Waals surface area contributed by atoms with Crippen LogP contribution in [0.1, 0.15) is 36.8 Å². The van der Waals surface area contributed by atoms with E-state index in [1.165, 1.54) is 36.8 Å². The Morgan fingerprint density at radius 1 is 1.00 bits per heavy atom. The lowest BCUT2D eigenvalue weighted by molar-refractivity contribution is 0.225. The van der Waals surface area contributed by atoms with Gasteiger partial charge in [0.2, 0.25) is 0 Å². The van der Waals surface area contributed by atoms with Gasteiger partial charge in [-0.25, -0.2) is 0 Å². The van der Waals surface area contributed by atoms with E-state index in [4.69, 9.17) is 4.74 Å². The van der Waals surface area contributed by atoms with E-state index in [0.717, 1.165) is 12.2 Å². The second kappa shape index (κ2) is 5.70. The summed E-state index contributed by atoms with van der Waals surface area (Å²) < 4.78 is 5.38.